The fourth-order valence-corrected chi connectivity index (χ4v) is 1.71. The van der Waals surface area contributed by atoms with Crippen LogP contribution in [0.4, 0.5) is 0 Å². The molecule has 1 aliphatic rings. The lowest BCUT2D eigenvalue weighted by atomic mass is 10.2. The number of hydrogen-bond donors (Lipinski definition) is 2. The zero-order chi connectivity index (χ0) is 11.7. The maximum Gasteiger partial charge on any atom is 0.330 e. The van der Waals surface area contributed by atoms with Gasteiger partial charge in [0.05, 0.1) is 12.6 Å². The quantitative estimate of drug-likeness (QED) is 0.653. The number of nitrogens with zero attached hydrogens (tertiary/aromatic N) is 2. The van der Waals surface area contributed by atoms with Crippen LogP contribution in [-0.2, 0) is 4.84 Å². The highest BCUT2D eigenvalue weighted by Crippen LogP contribution is 2.25. The van der Waals surface area contributed by atoms with E-state index in [4.69, 9.17) is 9.94 Å². The van der Waals surface area contributed by atoms with E-state index in [-0.39, 0.29) is 12.6 Å². The Bertz CT molecular complexity index is 480. The molecule has 0 saturated carbocycles. The summed E-state index contributed by atoms with van der Waals surface area (Å²) in [7, 11) is 1.69. The average molecular weight is 227 g/mol. The molecule has 0 bridgehead atoms. The molecule has 2 N–H and O–H groups in total. The normalized spacial score (nSPS) is 26.1. The van der Waals surface area contributed by atoms with Crippen LogP contribution >= 0.6 is 0 Å². The molecule has 2 atom stereocenters. The summed E-state index contributed by atoms with van der Waals surface area (Å²) in [5.74, 6) is 0. The predicted octanol–water partition coefficient (Wildman–Crippen LogP) is -1.34. The average Bonchev–Trinajstić information content (AvgIpc) is 2.59. The van der Waals surface area contributed by atoms with Gasteiger partial charge in [-0.25, -0.2) is 4.79 Å². The minimum Gasteiger partial charge on any atom is -0.395 e. The van der Waals surface area contributed by atoms with Crippen molar-refractivity contribution in [3.63, 3.8) is 0 Å². The zero-order valence-electron chi connectivity index (χ0n) is 8.79. The van der Waals surface area contributed by atoms with Crippen molar-refractivity contribution in [1.82, 2.24) is 14.6 Å². The van der Waals surface area contributed by atoms with E-state index in [0.717, 1.165) is 0 Å². The molecule has 2 heterocycles. The van der Waals surface area contributed by atoms with Gasteiger partial charge < -0.3 is 5.11 Å². The molecule has 1 aliphatic heterocycles. The molecule has 1 saturated heterocycles. The molecule has 0 radical (unpaired) electrons. The van der Waals surface area contributed by atoms with E-state index >= 15 is 0 Å². The van der Waals surface area contributed by atoms with Gasteiger partial charge in [-0.3, -0.25) is 19.2 Å². The standard InChI is InChI=1S/C9H13N3O4/c1-11-6(5-13)4-8(16-11)12-3-2-7(14)10-9(12)15/h2-3,6,8,13H,4-5H2,1H3,(H,10,14,15)/t6-,8+/m0/s1. The van der Waals surface area contributed by atoms with Crippen LogP contribution in [0.2, 0.25) is 0 Å². The second-order valence-corrected chi connectivity index (χ2v) is 3.70. The lowest BCUT2D eigenvalue weighted by Gasteiger charge is -2.14. The molecule has 7 heteroatoms. The highest BCUT2D eigenvalue weighted by atomic mass is 16.7. The largest absolute Gasteiger partial charge is 0.395 e. The summed E-state index contributed by atoms with van der Waals surface area (Å²) in [6, 6.07) is 1.13. The van der Waals surface area contributed by atoms with Gasteiger partial charge in [0.15, 0.2) is 6.23 Å². The first-order chi connectivity index (χ1) is 7.61. The van der Waals surface area contributed by atoms with Crippen LogP contribution in [0.5, 0.6) is 0 Å². The van der Waals surface area contributed by atoms with Crippen molar-refractivity contribution >= 4 is 0 Å². The van der Waals surface area contributed by atoms with Gasteiger partial charge in [-0.2, -0.15) is 5.06 Å². The maximum absolute atomic E-state index is 11.5. The van der Waals surface area contributed by atoms with Crippen LogP contribution in [-0.4, -0.2) is 39.4 Å². The van der Waals surface area contributed by atoms with Gasteiger partial charge >= 0.3 is 5.69 Å². The Kier molecular flexibility index (Phi) is 2.90. The Morgan fingerprint density at radius 1 is 1.62 bits per heavy atom. The first-order valence-electron chi connectivity index (χ1n) is 4.93. The van der Waals surface area contributed by atoms with Crippen molar-refractivity contribution in [2.24, 2.45) is 0 Å². The third-order valence-electron chi connectivity index (χ3n) is 2.65. The molecule has 0 amide bonds. The minimum atomic E-state index is -0.510. The smallest absolute Gasteiger partial charge is 0.330 e. The maximum atomic E-state index is 11.5. The zero-order valence-corrected chi connectivity index (χ0v) is 8.79. The van der Waals surface area contributed by atoms with Crippen molar-refractivity contribution in [3.8, 4) is 0 Å². The van der Waals surface area contributed by atoms with Crippen molar-refractivity contribution in [3.05, 3.63) is 33.1 Å². The molecule has 0 unspecified atom stereocenters. The predicted molar refractivity (Wildman–Crippen MR) is 54.7 cm³/mol. The summed E-state index contributed by atoms with van der Waals surface area (Å²) in [6.07, 6.45) is 1.41. The highest BCUT2D eigenvalue weighted by molar-refractivity contribution is 4.86. The summed E-state index contributed by atoms with van der Waals surface area (Å²) in [6.45, 7) is -0.0366. The van der Waals surface area contributed by atoms with Gasteiger partial charge in [0.25, 0.3) is 5.56 Å². The number of rotatable bonds is 2. The number of aliphatic hydroxyl groups excluding tert-OH is 1. The van der Waals surface area contributed by atoms with Crippen LogP contribution in [0, 0.1) is 0 Å². The highest BCUT2D eigenvalue weighted by Gasteiger charge is 2.31. The van der Waals surface area contributed by atoms with Crippen molar-refractivity contribution in [1.29, 1.82) is 0 Å². The van der Waals surface area contributed by atoms with E-state index in [1.165, 1.54) is 21.9 Å². The van der Waals surface area contributed by atoms with Crippen LogP contribution < -0.4 is 11.2 Å². The molecular weight excluding hydrogens is 214 g/mol. The van der Waals surface area contributed by atoms with E-state index in [9.17, 15) is 9.59 Å². The third-order valence-corrected chi connectivity index (χ3v) is 2.65. The first-order valence-corrected chi connectivity index (χ1v) is 4.93. The summed E-state index contributed by atoms with van der Waals surface area (Å²) in [4.78, 5) is 29.9. The summed E-state index contributed by atoms with van der Waals surface area (Å²) in [5, 5.41) is 10.6. The Hall–Kier alpha value is -1.44. The van der Waals surface area contributed by atoms with Crippen molar-refractivity contribution in [2.75, 3.05) is 13.7 Å². The van der Waals surface area contributed by atoms with E-state index in [1.54, 1.807) is 7.05 Å². The molecule has 88 valence electrons. The molecule has 1 aromatic rings. The molecule has 0 spiro atoms. The topological polar surface area (TPSA) is 87.6 Å². The Morgan fingerprint density at radius 3 is 2.94 bits per heavy atom. The second kappa shape index (κ2) is 4.20. The van der Waals surface area contributed by atoms with Crippen LogP contribution in [0.1, 0.15) is 12.6 Å². The van der Waals surface area contributed by atoms with E-state index in [2.05, 4.69) is 4.98 Å². The number of aromatic amines is 1. The molecule has 2 rings (SSSR count). The van der Waals surface area contributed by atoms with E-state index in [0.29, 0.717) is 6.42 Å². The van der Waals surface area contributed by atoms with Crippen LogP contribution in [0.25, 0.3) is 0 Å². The minimum absolute atomic E-state index is 0.0366. The number of H-pyrrole nitrogens is 1. The number of aliphatic hydroxyl groups is 1. The first kappa shape index (κ1) is 11.1. The number of hydroxylamine groups is 2. The van der Waals surface area contributed by atoms with Gasteiger partial charge in [0.2, 0.25) is 0 Å². The lowest BCUT2D eigenvalue weighted by molar-refractivity contribution is -0.170. The molecule has 0 aliphatic carbocycles. The fraction of sp³-hybridized carbons (Fsp3) is 0.556. The van der Waals surface area contributed by atoms with Crippen molar-refractivity contribution < 1.29 is 9.94 Å². The Balaban J connectivity index is 2.27. The van der Waals surface area contributed by atoms with E-state index < -0.39 is 17.5 Å². The second-order valence-electron chi connectivity index (χ2n) is 3.70. The van der Waals surface area contributed by atoms with Crippen LogP contribution in [0.15, 0.2) is 21.9 Å². The number of hydrogen-bond acceptors (Lipinski definition) is 5. The summed E-state index contributed by atoms with van der Waals surface area (Å²) in [5.41, 5.74) is -0.948. The Morgan fingerprint density at radius 2 is 2.38 bits per heavy atom. The van der Waals surface area contributed by atoms with Gasteiger partial charge in [0.1, 0.15) is 0 Å². The lowest BCUT2D eigenvalue weighted by Crippen LogP contribution is -2.31. The summed E-state index contributed by atoms with van der Waals surface area (Å²) >= 11 is 0. The molecule has 7 nitrogen and oxygen atoms in total. The van der Waals surface area contributed by atoms with E-state index in [1.807, 2.05) is 0 Å². The van der Waals surface area contributed by atoms with Gasteiger partial charge in [-0.05, 0) is 0 Å². The van der Waals surface area contributed by atoms with Gasteiger partial charge in [0, 0.05) is 25.7 Å². The van der Waals surface area contributed by atoms with Gasteiger partial charge in [-0.1, -0.05) is 0 Å². The van der Waals surface area contributed by atoms with Gasteiger partial charge in [-0.15, -0.1) is 0 Å². The molecule has 1 aromatic heterocycles. The Labute approximate surface area is 90.8 Å². The SMILES string of the molecule is CN1O[C@@H](n2ccc(=O)[nH]c2=O)C[C@H]1CO. The molecule has 16 heavy (non-hydrogen) atoms. The monoisotopic (exact) mass is 227 g/mol. The number of likely N-dealkylation sites (N-methyl/N-ethyl adjacent to an activating group) is 1. The molecular formula is C9H13N3O4. The molecule has 1 fully saturated rings. The van der Waals surface area contributed by atoms with Crippen molar-refractivity contribution in [2.45, 2.75) is 18.7 Å². The fourth-order valence-electron chi connectivity index (χ4n) is 1.71. The third kappa shape index (κ3) is 1.92. The molecule has 0 aromatic carbocycles. The number of nitrogens with one attached hydrogen (secondary N) is 1. The number of aromatic nitrogens is 2. The van der Waals surface area contributed by atoms with Crippen LogP contribution in [0.3, 0.4) is 0 Å². The summed E-state index contributed by atoms with van der Waals surface area (Å²) < 4.78 is 1.30.